The van der Waals surface area contributed by atoms with Gasteiger partial charge in [-0.15, -0.1) is 0 Å². The number of hydrogen-bond acceptors (Lipinski definition) is 0. The minimum absolute atomic E-state index is 0. The topological polar surface area (TPSA) is 0 Å². The summed E-state index contributed by atoms with van der Waals surface area (Å²) >= 11 is 4.16. The van der Waals surface area contributed by atoms with Gasteiger partial charge in [0.05, 0.1) is 0 Å². The van der Waals surface area contributed by atoms with E-state index in [2.05, 4.69) is 131 Å². The molecule has 0 spiro atoms. The molecule has 4 aromatic carbocycles. The van der Waals surface area contributed by atoms with E-state index < -0.39 is 4.32 Å². The molecular weight excluding hydrogens is 411 g/mol. The van der Waals surface area contributed by atoms with Gasteiger partial charge < -0.3 is 0 Å². The van der Waals surface area contributed by atoms with Crippen molar-refractivity contribution in [1.82, 2.24) is 0 Å². The van der Waals surface area contributed by atoms with E-state index in [0.29, 0.717) is 0 Å². The first kappa shape index (κ1) is 19.5. The van der Waals surface area contributed by atoms with E-state index in [1.54, 1.807) is 0 Å². The summed E-state index contributed by atoms with van der Waals surface area (Å²) < 4.78 is -0.415. The molecule has 27 heavy (non-hydrogen) atoms. The Morgan fingerprint density at radius 3 is 1.41 bits per heavy atom. The fraction of sp³-hybridized carbons (Fsp3) is 0.0400. The van der Waals surface area contributed by atoms with Gasteiger partial charge in [-0.25, -0.2) is 0 Å². The molecule has 0 aliphatic rings. The second kappa shape index (κ2) is 8.65. The highest BCUT2D eigenvalue weighted by Gasteiger charge is 2.35. The quantitative estimate of drug-likeness (QED) is 0.183. The van der Waals surface area contributed by atoms with Crippen molar-refractivity contribution in [2.24, 2.45) is 0 Å². The van der Waals surface area contributed by atoms with Gasteiger partial charge in [-0.3, -0.25) is 0 Å². The summed E-state index contributed by atoms with van der Waals surface area (Å²) in [4.78, 5) is 0. The van der Waals surface area contributed by atoms with Crippen molar-refractivity contribution in [1.29, 1.82) is 0 Å². The van der Waals surface area contributed by atoms with Gasteiger partial charge in [-0.05, 0) is 27.8 Å². The molecule has 0 aromatic heterocycles. The van der Waals surface area contributed by atoms with Gasteiger partial charge >= 0.3 is 0 Å². The Hall–Kier alpha value is -2.21. The van der Waals surface area contributed by atoms with Crippen LogP contribution in [0.1, 0.15) is 16.7 Å². The Kier molecular flexibility index (Phi) is 6.26. The highest BCUT2D eigenvalue weighted by atomic mass is 79.9. The Labute approximate surface area is 173 Å². The molecule has 0 heterocycles. The number of hydrogen-bond donors (Lipinski definition) is 0. The maximum atomic E-state index is 4.16. The van der Waals surface area contributed by atoms with Crippen molar-refractivity contribution in [3.05, 3.63) is 132 Å². The van der Waals surface area contributed by atoms with Crippen molar-refractivity contribution in [2.45, 2.75) is 4.32 Å². The van der Waals surface area contributed by atoms with E-state index in [0.717, 1.165) is 0 Å². The van der Waals surface area contributed by atoms with Crippen LogP contribution in [0.3, 0.4) is 0 Å². The summed E-state index contributed by atoms with van der Waals surface area (Å²) in [5.41, 5.74) is 6.13. The van der Waals surface area contributed by atoms with Crippen molar-refractivity contribution in [2.75, 3.05) is 0 Å². The van der Waals surface area contributed by atoms with Crippen molar-refractivity contribution >= 4 is 25.8 Å². The van der Waals surface area contributed by atoms with Crippen LogP contribution in [-0.2, 0) is 4.32 Å². The van der Waals surface area contributed by atoms with Crippen LogP contribution in [0.4, 0.5) is 0 Å². The van der Waals surface area contributed by atoms with Gasteiger partial charge in [0.25, 0.3) is 0 Å². The van der Waals surface area contributed by atoms with Crippen molar-refractivity contribution in [3.63, 3.8) is 0 Å². The zero-order valence-corrected chi connectivity index (χ0v) is 18.1. The third-order valence-electron chi connectivity index (χ3n) is 4.73. The molecule has 1 atom stereocenters. The third kappa shape index (κ3) is 3.76. The van der Waals surface area contributed by atoms with E-state index in [1.165, 1.54) is 27.8 Å². The molecule has 0 fully saturated rings. The van der Waals surface area contributed by atoms with Gasteiger partial charge in [-0.2, -0.15) is 9.90 Å². The van der Waals surface area contributed by atoms with E-state index in [-0.39, 0.29) is 9.90 Å². The standard InChI is InChI=1S/C25H19Br.H3P/c26-25(21-14-6-2-7-15-21,22-16-8-3-9-17-22)24-19-11-10-18-23(24)20-12-4-1-5-13-20;/h1-19H;1H3. The zero-order valence-electron chi connectivity index (χ0n) is 15.1. The predicted octanol–water partition coefficient (Wildman–Crippen LogP) is 7.10. The van der Waals surface area contributed by atoms with E-state index in [4.69, 9.17) is 0 Å². The first-order valence-electron chi connectivity index (χ1n) is 8.75. The molecule has 0 nitrogen and oxygen atoms in total. The van der Waals surface area contributed by atoms with Crippen LogP contribution in [0.15, 0.2) is 115 Å². The van der Waals surface area contributed by atoms with Gasteiger partial charge in [0.15, 0.2) is 0 Å². The second-order valence-electron chi connectivity index (χ2n) is 6.30. The van der Waals surface area contributed by atoms with Gasteiger partial charge in [-0.1, -0.05) is 131 Å². The highest BCUT2D eigenvalue weighted by molar-refractivity contribution is 9.10. The fourth-order valence-electron chi connectivity index (χ4n) is 3.47. The Bertz CT molecular complexity index is 943. The average molecular weight is 433 g/mol. The SMILES string of the molecule is BrC(c1ccccc1)(c1ccccc1)c1ccccc1-c1ccccc1.P. The molecular formula is C25H22BrP. The summed E-state index contributed by atoms with van der Waals surface area (Å²) in [7, 11) is 0. The Morgan fingerprint density at radius 2 is 0.889 bits per heavy atom. The van der Waals surface area contributed by atoms with Crippen LogP contribution in [0.5, 0.6) is 0 Å². The average Bonchev–Trinajstić information content (AvgIpc) is 2.75. The maximum Gasteiger partial charge on any atom is 0.101 e. The molecule has 0 saturated carbocycles. The molecule has 0 aliphatic carbocycles. The lowest BCUT2D eigenvalue weighted by atomic mass is 9.81. The van der Waals surface area contributed by atoms with Crippen LogP contribution in [0.2, 0.25) is 0 Å². The minimum Gasteiger partial charge on any atom is -0.153 e. The molecule has 0 saturated heterocycles. The van der Waals surface area contributed by atoms with Crippen molar-refractivity contribution < 1.29 is 0 Å². The van der Waals surface area contributed by atoms with Crippen molar-refractivity contribution in [3.8, 4) is 11.1 Å². The van der Waals surface area contributed by atoms with Crippen LogP contribution < -0.4 is 0 Å². The summed E-state index contributed by atoms with van der Waals surface area (Å²) in [5, 5.41) is 0. The number of rotatable bonds is 4. The summed E-state index contributed by atoms with van der Waals surface area (Å²) in [5.74, 6) is 0. The molecule has 0 radical (unpaired) electrons. The zero-order chi connectivity index (χ0) is 17.8. The lowest BCUT2D eigenvalue weighted by molar-refractivity contribution is 0.919. The normalized spacial score (nSPS) is 10.9. The van der Waals surface area contributed by atoms with Crippen LogP contribution >= 0.6 is 25.8 Å². The Morgan fingerprint density at radius 1 is 0.481 bits per heavy atom. The fourth-order valence-corrected chi connectivity index (χ4v) is 4.34. The first-order valence-corrected chi connectivity index (χ1v) is 9.54. The predicted molar refractivity (Wildman–Crippen MR) is 125 cm³/mol. The monoisotopic (exact) mass is 432 g/mol. The number of halogens is 1. The lowest BCUT2D eigenvalue weighted by Crippen LogP contribution is -2.22. The number of alkyl halides is 1. The minimum atomic E-state index is -0.415. The molecule has 4 rings (SSSR count). The second-order valence-corrected chi connectivity index (χ2v) is 7.49. The summed E-state index contributed by atoms with van der Waals surface area (Å²) in [6.45, 7) is 0. The highest BCUT2D eigenvalue weighted by Crippen LogP contribution is 2.47. The molecule has 0 N–H and O–H groups in total. The Balaban J connectivity index is 0.00000210. The molecule has 0 bridgehead atoms. The summed E-state index contributed by atoms with van der Waals surface area (Å²) in [6, 6.07) is 40.5. The molecule has 0 amide bonds. The van der Waals surface area contributed by atoms with E-state index in [1.807, 2.05) is 0 Å². The third-order valence-corrected chi connectivity index (χ3v) is 6.07. The van der Waals surface area contributed by atoms with Gasteiger partial charge in [0.1, 0.15) is 4.32 Å². The van der Waals surface area contributed by atoms with Crippen LogP contribution in [-0.4, -0.2) is 0 Å². The first-order chi connectivity index (χ1) is 12.8. The van der Waals surface area contributed by atoms with Gasteiger partial charge in [0, 0.05) is 0 Å². The van der Waals surface area contributed by atoms with Crippen LogP contribution in [0, 0.1) is 0 Å². The van der Waals surface area contributed by atoms with Crippen LogP contribution in [0.25, 0.3) is 11.1 Å². The molecule has 134 valence electrons. The smallest absolute Gasteiger partial charge is 0.101 e. The van der Waals surface area contributed by atoms with E-state index in [9.17, 15) is 0 Å². The largest absolute Gasteiger partial charge is 0.153 e. The molecule has 4 aromatic rings. The lowest BCUT2D eigenvalue weighted by Gasteiger charge is -2.31. The van der Waals surface area contributed by atoms with E-state index >= 15 is 0 Å². The number of benzene rings is 4. The molecule has 0 aliphatic heterocycles. The summed E-state index contributed by atoms with van der Waals surface area (Å²) in [6.07, 6.45) is 0. The molecule has 2 heteroatoms. The molecule has 1 unspecified atom stereocenters. The maximum absolute atomic E-state index is 4.16. The van der Waals surface area contributed by atoms with Gasteiger partial charge in [0.2, 0.25) is 0 Å².